The number of hydrogen-bond acceptors (Lipinski definition) is 2. The molecule has 3 heteroatoms. The fourth-order valence-electron chi connectivity index (χ4n) is 5.47. The van der Waals surface area contributed by atoms with Crippen LogP contribution in [0.25, 0.3) is 0 Å². The first-order valence-corrected chi connectivity index (χ1v) is 15.6. The van der Waals surface area contributed by atoms with Crippen LogP contribution in [-0.4, -0.2) is 0 Å². The molecule has 7 rings (SSSR count). The Kier molecular flexibility index (Phi) is 6.24. The molecule has 0 N–H and O–H groups in total. The van der Waals surface area contributed by atoms with Crippen molar-refractivity contribution in [2.45, 2.75) is 29.4 Å². The minimum Gasteiger partial charge on any atom is -0.308 e. The van der Waals surface area contributed by atoms with Gasteiger partial charge in [-0.3, -0.25) is 0 Å². The van der Waals surface area contributed by atoms with Crippen LogP contribution in [0.4, 0.5) is 17.1 Å². The van der Waals surface area contributed by atoms with Crippen molar-refractivity contribution in [1.29, 1.82) is 0 Å². The van der Waals surface area contributed by atoms with Crippen LogP contribution in [0.15, 0.2) is 193 Å². The van der Waals surface area contributed by atoms with Crippen molar-refractivity contribution in [1.82, 2.24) is 0 Å². The van der Waals surface area contributed by atoms with E-state index in [-0.39, 0.29) is 0 Å². The molecule has 0 radical (unpaired) electrons. The van der Waals surface area contributed by atoms with E-state index in [4.69, 9.17) is 0 Å². The maximum Gasteiger partial charge on any atom is 0.0601 e. The molecule has 0 bridgehead atoms. The summed E-state index contributed by atoms with van der Waals surface area (Å²) in [6.07, 6.45) is 0. The molecule has 0 spiro atoms. The fourth-order valence-corrected chi connectivity index (χ4v) is 10.4. The number of nitrogens with zero attached hydrogens (tertiary/aromatic N) is 1. The molecule has 0 amide bonds. The van der Waals surface area contributed by atoms with Gasteiger partial charge in [0.2, 0.25) is 0 Å². The van der Waals surface area contributed by atoms with Gasteiger partial charge in [0, 0.05) is 35.1 Å². The lowest BCUT2D eigenvalue weighted by Gasteiger charge is -2.42. The lowest BCUT2D eigenvalue weighted by atomic mass is 10.2. The third-order valence-electron chi connectivity index (χ3n) is 7.17. The molecule has 0 aromatic heterocycles. The number of fused-ring (bicyclic) bond motifs is 2. The summed E-state index contributed by atoms with van der Waals surface area (Å²) in [7, 11) is -1.70. The van der Waals surface area contributed by atoms with Crippen molar-refractivity contribution >= 4 is 38.9 Å². The van der Waals surface area contributed by atoms with E-state index in [1.165, 1.54) is 46.4 Å². The Labute approximate surface area is 236 Å². The SMILES string of the molecule is c1ccc(S(c2ccccc2)(c2ccccc2)c2ccc(N3c4ccccc4Sc4ccccc43)cc2)cc1. The normalized spacial score (nSPS) is 12.9. The summed E-state index contributed by atoms with van der Waals surface area (Å²) in [5.74, 6) is 0. The van der Waals surface area contributed by atoms with E-state index in [9.17, 15) is 0 Å². The number of para-hydroxylation sites is 2. The van der Waals surface area contributed by atoms with Crippen LogP contribution in [0.5, 0.6) is 0 Å². The Morgan fingerprint density at radius 3 is 1.15 bits per heavy atom. The van der Waals surface area contributed by atoms with Crippen LogP contribution in [0.1, 0.15) is 0 Å². The minimum atomic E-state index is -1.70. The average Bonchev–Trinajstić information content (AvgIpc) is 3.02. The van der Waals surface area contributed by atoms with Crippen molar-refractivity contribution in [3.63, 3.8) is 0 Å². The summed E-state index contributed by atoms with van der Waals surface area (Å²) in [4.78, 5) is 10.3. The highest BCUT2D eigenvalue weighted by molar-refractivity contribution is 8.34. The molecule has 1 aliphatic rings. The van der Waals surface area contributed by atoms with Crippen LogP contribution in [0.2, 0.25) is 0 Å². The van der Waals surface area contributed by atoms with Crippen LogP contribution >= 0.6 is 21.8 Å². The number of rotatable bonds is 5. The minimum absolute atomic E-state index is 1.17. The van der Waals surface area contributed by atoms with Gasteiger partial charge in [-0.2, -0.15) is 0 Å². The molecule has 39 heavy (non-hydrogen) atoms. The molecule has 0 atom stereocenters. The predicted molar refractivity (Wildman–Crippen MR) is 165 cm³/mol. The van der Waals surface area contributed by atoms with Gasteiger partial charge >= 0.3 is 0 Å². The third-order valence-corrected chi connectivity index (χ3v) is 12.2. The van der Waals surface area contributed by atoms with E-state index in [1.54, 1.807) is 0 Å². The van der Waals surface area contributed by atoms with Gasteiger partial charge in [-0.05, 0) is 84.9 Å². The molecule has 1 aliphatic heterocycles. The summed E-state index contributed by atoms with van der Waals surface area (Å²) in [6.45, 7) is 0. The quantitative estimate of drug-likeness (QED) is 0.215. The second-order valence-corrected chi connectivity index (χ2v) is 13.6. The van der Waals surface area contributed by atoms with Gasteiger partial charge in [-0.15, -0.1) is 10.0 Å². The second-order valence-electron chi connectivity index (χ2n) is 9.42. The molecular weight excluding hydrogens is 511 g/mol. The fraction of sp³-hybridized carbons (Fsp3) is 0. The highest BCUT2D eigenvalue weighted by Gasteiger charge is 2.33. The molecule has 0 aliphatic carbocycles. The summed E-state index contributed by atoms with van der Waals surface area (Å²) in [5.41, 5.74) is 3.62. The maximum absolute atomic E-state index is 2.40. The third kappa shape index (κ3) is 4.06. The molecule has 0 saturated carbocycles. The van der Waals surface area contributed by atoms with Crippen LogP contribution in [-0.2, 0) is 0 Å². The zero-order valence-corrected chi connectivity index (χ0v) is 23.0. The largest absolute Gasteiger partial charge is 0.308 e. The Balaban J connectivity index is 1.44. The Morgan fingerprint density at radius 2 is 0.718 bits per heavy atom. The zero-order chi connectivity index (χ0) is 26.1. The van der Waals surface area contributed by atoms with Crippen LogP contribution in [0, 0.1) is 0 Å². The highest BCUT2D eigenvalue weighted by Crippen LogP contribution is 2.73. The number of anilines is 3. The molecule has 188 valence electrons. The lowest BCUT2D eigenvalue weighted by Crippen LogP contribution is -2.14. The lowest BCUT2D eigenvalue weighted by molar-refractivity contribution is 1.16. The standard InChI is InChI=1S/C36H27NS2/c1-4-14-29(15-5-1)39(30-16-6-2-7-17-30,31-18-8-3-9-19-31)32-26-24-28(25-27-32)37-33-20-10-12-22-35(33)38-36-23-13-11-21-34(36)37/h1-27H. The van der Waals surface area contributed by atoms with E-state index in [0.717, 1.165) is 0 Å². The monoisotopic (exact) mass is 537 g/mol. The summed E-state index contributed by atoms with van der Waals surface area (Å²) in [5, 5.41) is 0. The van der Waals surface area contributed by atoms with Gasteiger partial charge in [0.05, 0.1) is 11.4 Å². The van der Waals surface area contributed by atoms with Crippen molar-refractivity contribution in [3.8, 4) is 0 Å². The van der Waals surface area contributed by atoms with Gasteiger partial charge in [-0.1, -0.05) is 90.6 Å². The maximum atomic E-state index is 2.40. The first kappa shape index (κ1) is 23.9. The molecule has 6 aromatic carbocycles. The molecule has 1 heterocycles. The molecular formula is C36H27NS2. The number of hydrogen-bond donors (Lipinski definition) is 0. The van der Waals surface area contributed by atoms with Gasteiger partial charge in [0.1, 0.15) is 0 Å². The summed E-state index contributed by atoms with van der Waals surface area (Å²) < 4.78 is 0. The van der Waals surface area contributed by atoms with Gasteiger partial charge < -0.3 is 4.90 Å². The molecule has 6 aromatic rings. The van der Waals surface area contributed by atoms with E-state index < -0.39 is 10.0 Å². The second kappa shape index (κ2) is 10.2. The van der Waals surface area contributed by atoms with Gasteiger partial charge in [0.15, 0.2) is 0 Å². The van der Waals surface area contributed by atoms with Crippen molar-refractivity contribution in [2.24, 2.45) is 0 Å². The Hall–Kier alpha value is -4.18. The van der Waals surface area contributed by atoms with E-state index >= 15 is 0 Å². The smallest absolute Gasteiger partial charge is 0.0601 e. The van der Waals surface area contributed by atoms with E-state index in [1.807, 2.05) is 11.8 Å². The summed E-state index contributed by atoms with van der Waals surface area (Å²) in [6, 6.07) is 59.7. The van der Waals surface area contributed by atoms with E-state index in [2.05, 4.69) is 169 Å². The van der Waals surface area contributed by atoms with Crippen molar-refractivity contribution in [2.75, 3.05) is 4.90 Å². The summed E-state index contributed by atoms with van der Waals surface area (Å²) >= 11 is 1.84. The molecule has 0 unspecified atom stereocenters. The Bertz CT molecular complexity index is 1570. The van der Waals surface area contributed by atoms with Crippen molar-refractivity contribution in [3.05, 3.63) is 164 Å². The van der Waals surface area contributed by atoms with Gasteiger partial charge in [-0.25, -0.2) is 0 Å². The topological polar surface area (TPSA) is 3.24 Å². The van der Waals surface area contributed by atoms with Crippen LogP contribution in [0.3, 0.4) is 0 Å². The molecule has 0 saturated heterocycles. The van der Waals surface area contributed by atoms with Gasteiger partial charge in [0.25, 0.3) is 0 Å². The first-order valence-electron chi connectivity index (χ1n) is 13.1. The highest BCUT2D eigenvalue weighted by atomic mass is 32.3. The van der Waals surface area contributed by atoms with Crippen molar-refractivity contribution < 1.29 is 0 Å². The zero-order valence-electron chi connectivity index (χ0n) is 21.4. The molecule has 1 nitrogen and oxygen atoms in total. The predicted octanol–water partition coefficient (Wildman–Crippen LogP) is 11.0. The van der Waals surface area contributed by atoms with E-state index in [0.29, 0.717) is 0 Å². The molecule has 0 fully saturated rings. The Morgan fingerprint density at radius 1 is 0.359 bits per heavy atom. The number of benzene rings is 6. The van der Waals surface area contributed by atoms with Crippen LogP contribution < -0.4 is 4.90 Å². The first-order chi connectivity index (χ1) is 19.4. The average molecular weight is 538 g/mol.